The lowest BCUT2D eigenvalue weighted by atomic mass is 10.1. The summed E-state index contributed by atoms with van der Waals surface area (Å²) in [7, 11) is 0. The molecule has 2 aromatic rings. The highest BCUT2D eigenvalue weighted by Gasteiger charge is 2.24. The van der Waals surface area contributed by atoms with E-state index in [9.17, 15) is 19.2 Å². The number of para-hydroxylation sites is 1. The third-order valence-electron chi connectivity index (χ3n) is 4.39. The number of carbonyl (C=O) groups is 4. The fourth-order valence-corrected chi connectivity index (χ4v) is 2.92. The predicted molar refractivity (Wildman–Crippen MR) is 113 cm³/mol. The van der Waals surface area contributed by atoms with Crippen LogP contribution in [0.2, 0.25) is 0 Å². The molecule has 2 rings (SSSR count). The fraction of sp³-hybridized carbons (Fsp3) is 0.333. The van der Waals surface area contributed by atoms with E-state index < -0.39 is 29.7 Å². The number of aliphatic carboxylic acids is 1. The van der Waals surface area contributed by atoms with Gasteiger partial charge in [0.2, 0.25) is 5.91 Å². The zero-order chi connectivity index (χ0) is 23.0. The van der Waals surface area contributed by atoms with Gasteiger partial charge in [-0.25, -0.2) is 10.3 Å². The summed E-state index contributed by atoms with van der Waals surface area (Å²) in [6.45, 7) is 6.52. The number of hydrogen-bond acceptors (Lipinski definition) is 5. The maximum Gasteiger partial charge on any atom is 0.326 e. The number of fused-ring (bicyclic) bond motifs is 1. The molecule has 10 nitrogen and oxygen atoms in total. The summed E-state index contributed by atoms with van der Waals surface area (Å²) < 4.78 is 1.59. The Labute approximate surface area is 179 Å². The van der Waals surface area contributed by atoms with Crippen LogP contribution in [0.25, 0.3) is 10.9 Å². The van der Waals surface area contributed by atoms with E-state index in [1.54, 1.807) is 42.7 Å². The number of carboxylic acid groups (broad SMARTS) is 1. The molecule has 0 spiro atoms. The molecule has 3 amide bonds. The number of hydrogen-bond donors (Lipinski definition) is 4. The molecular weight excluding hydrogens is 404 g/mol. The third-order valence-corrected chi connectivity index (χ3v) is 4.39. The van der Waals surface area contributed by atoms with Gasteiger partial charge in [-0.3, -0.25) is 19.2 Å². The molecular formula is C21H26N4O6. The van der Waals surface area contributed by atoms with E-state index >= 15 is 0 Å². The minimum absolute atomic E-state index is 0.0832. The Hall–Kier alpha value is -3.66. The molecule has 0 saturated heterocycles. The van der Waals surface area contributed by atoms with Crippen LogP contribution in [0, 0.1) is 5.92 Å². The predicted octanol–water partition coefficient (Wildman–Crippen LogP) is 0.830. The highest BCUT2D eigenvalue weighted by molar-refractivity contribution is 6.08. The second-order valence-corrected chi connectivity index (χ2v) is 7.12. The van der Waals surface area contributed by atoms with Crippen LogP contribution in [-0.2, 0) is 25.8 Å². The SMILES string of the molecule is C=CCONC(=O)Cn1cc(C(=O)NCC(=O)N[C@H](C(=O)O)C(C)C)c2ccccc21. The molecule has 1 aromatic heterocycles. The van der Waals surface area contributed by atoms with Crippen molar-refractivity contribution in [2.24, 2.45) is 5.92 Å². The van der Waals surface area contributed by atoms with Crippen LogP contribution in [-0.4, -0.2) is 52.6 Å². The number of amides is 3. The Bertz CT molecular complexity index is 981. The standard InChI is InChI=1S/C21H26N4O6/c1-4-9-31-24-18(27)12-25-11-15(14-7-5-6-8-16(14)25)20(28)22-10-17(26)23-19(13(2)3)21(29)30/h4-8,11,13,19H,1,9-10,12H2,2-3H3,(H,22,28)(H,23,26)(H,24,27)(H,29,30)/t19-/m0/s1. The van der Waals surface area contributed by atoms with Crippen LogP contribution in [0.4, 0.5) is 0 Å². The summed E-state index contributed by atoms with van der Waals surface area (Å²) in [4.78, 5) is 52.9. The van der Waals surface area contributed by atoms with Crippen LogP contribution >= 0.6 is 0 Å². The Morgan fingerprint density at radius 1 is 1.19 bits per heavy atom. The van der Waals surface area contributed by atoms with E-state index in [2.05, 4.69) is 22.7 Å². The molecule has 1 atom stereocenters. The molecule has 0 unspecified atom stereocenters. The number of hydroxylamine groups is 1. The molecule has 0 aliphatic heterocycles. The number of nitrogens with zero attached hydrogens (tertiary/aromatic N) is 1. The van der Waals surface area contributed by atoms with Gasteiger partial charge in [0, 0.05) is 17.1 Å². The van der Waals surface area contributed by atoms with Crippen molar-refractivity contribution >= 4 is 34.6 Å². The van der Waals surface area contributed by atoms with Gasteiger partial charge in [0.25, 0.3) is 11.8 Å². The number of benzene rings is 1. The summed E-state index contributed by atoms with van der Waals surface area (Å²) in [6, 6.07) is 5.97. The van der Waals surface area contributed by atoms with Gasteiger partial charge in [-0.1, -0.05) is 38.1 Å². The molecule has 0 fully saturated rings. The van der Waals surface area contributed by atoms with E-state index in [-0.39, 0.29) is 31.2 Å². The molecule has 0 aliphatic carbocycles. The smallest absolute Gasteiger partial charge is 0.326 e. The molecule has 10 heteroatoms. The van der Waals surface area contributed by atoms with Crippen molar-refractivity contribution in [2.45, 2.75) is 26.4 Å². The molecule has 31 heavy (non-hydrogen) atoms. The van der Waals surface area contributed by atoms with Crippen molar-refractivity contribution in [1.29, 1.82) is 0 Å². The number of nitrogens with one attached hydrogen (secondary N) is 3. The zero-order valence-electron chi connectivity index (χ0n) is 17.4. The van der Waals surface area contributed by atoms with Gasteiger partial charge in [-0.2, -0.15) is 0 Å². The first-order valence-corrected chi connectivity index (χ1v) is 9.64. The molecule has 0 saturated carbocycles. The highest BCUT2D eigenvalue weighted by Crippen LogP contribution is 2.21. The van der Waals surface area contributed by atoms with Gasteiger partial charge in [0.15, 0.2) is 0 Å². The topological polar surface area (TPSA) is 139 Å². The maximum absolute atomic E-state index is 12.7. The molecule has 0 radical (unpaired) electrons. The molecule has 1 aromatic carbocycles. The normalized spacial score (nSPS) is 11.7. The first-order valence-electron chi connectivity index (χ1n) is 9.64. The van der Waals surface area contributed by atoms with E-state index in [0.29, 0.717) is 10.9 Å². The van der Waals surface area contributed by atoms with Gasteiger partial charge >= 0.3 is 5.97 Å². The number of aromatic nitrogens is 1. The van der Waals surface area contributed by atoms with Crippen molar-refractivity contribution < 1.29 is 29.1 Å². The quantitative estimate of drug-likeness (QED) is 0.237. The average molecular weight is 430 g/mol. The largest absolute Gasteiger partial charge is 0.480 e. The minimum atomic E-state index is -1.15. The summed E-state index contributed by atoms with van der Waals surface area (Å²) in [5.74, 6) is -3.01. The first-order chi connectivity index (χ1) is 14.7. The van der Waals surface area contributed by atoms with Crippen LogP contribution in [0.1, 0.15) is 24.2 Å². The van der Waals surface area contributed by atoms with Crippen molar-refractivity contribution in [1.82, 2.24) is 20.7 Å². The van der Waals surface area contributed by atoms with Crippen molar-refractivity contribution in [3.05, 3.63) is 48.7 Å². The van der Waals surface area contributed by atoms with Gasteiger partial charge in [0.1, 0.15) is 12.6 Å². The van der Waals surface area contributed by atoms with Crippen LogP contribution in [0.15, 0.2) is 43.1 Å². The van der Waals surface area contributed by atoms with Crippen LogP contribution in [0.5, 0.6) is 0 Å². The fourth-order valence-electron chi connectivity index (χ4n) is 2.92. The van der Waals surface area contributed by atoms with Gasteiger partial charge in [-0.05, 0) is 12.0 Å². The summed E-state index contributed by atoms with van der Waals surface area (Å²) >= 11 is 0. The average Bonchev–Trinajstić information content (AvgIpc) is 3.08. The second-order valence-electron chi connectivity index (χ2n) is 7.12. The van der Waals surface area contributed by atoms with Crippen LogP contribution in [0.3, 0.4) is 0 Å². The van der Waals surface area contributed by atoms with Crippen molar-refractivity contribution in [3.8, 4) is 0 Å². The number of carboxylic acids is 1. The van der Waals surface area contributed by atoms with Crippen molar-refractivity contribution in [2.75, 3.05) is 13.2 Å². The molecule has 1 heterocycles. The Morgan fingerprint density at radius 3 is 2.55 bits per heavy atom. The maximum atomic E-state index is 12.7. The van der Waals surface area contributed by atoms with Crippen LogP contribution < -0.4 is 16.1 Å². The van der Waals surface area contributed by atoms with E-state index in [1.165, 1.54) is 12.3 Å². The van der Waals surface area contributed by atoms with E-state index in [0.717, 1.165) is 0 Å². The zero-order valence-corrected chi connectivity index (χ0v) is 17.4. The van der Waals surface area contributed by atoms with E-state index in [4.69, 9.17) is 9.94 Å². The first kappa shape index (κ1) is 23.6. The van der Waals surface area contributed by atoms with Crippen molar-refractivity contribution in [3.63, 3.8) is 0 Å². The number of rotatable bonds is 11. The number of carbonyl (C=O) groups excluding carboxylic acids is 3. The summed E-state index contributed by atoms with van der Waals surface area (Å²) in [5, 5.41) is 14.6. The van der Waals surface area contributed by atoms with Gasteiger partial charge < -0.3 is 20.3 Å². The minimum Gasteiger partial charge on any atom is -0.480 e. The highest BCUT2D eigenvalue weighted by atomic mass is 16.6. The second kappa shape index (κ2) is 10.9. The van der Waals surface area contributed by atoms with Gasteiger partial charge in [-0.15, -0.1) is 6.58 Å². The van der Waals surface area contributed by atoms with E-state index in [1.807, 2.05) is 0 Å². The lowest BCUT2D eigenvalue weighted by Crippen LogP contribution is -2.48. The Kier molecular flexibility index (Phi) is 8.33. The molecule has 4 N–H and O–H groups in total. The summed E-state index contributed by atoms with van der Waals surface area (Å²) in [6.07, 6.45) is 3.00. The lowest BCUT2D eigenvalue weighted by molar-refractivity contribution is -0.142. The summed E-state index contributed by atoms with van der Waals surface area (Å²) in [5.41, 5.74) is 3.21. The Morgan fingerprint density at radius 2 is 1.90 bits per heavy atom. The molecule has 0 bridgehead atoms. The van der Waals surface area contributed by atoms with Gasteiger partial charge in [0.05, 0.1) is 18.7 Å². The Balaban J connectivity index is 2.09. The monoisotopic (exact) mass is 430 g/mol. The molecule has 166 valence electrons. The third kappa shape index (κ3) is 6.41. The lowest BCUT2D eigenvalue weighted by Gasteiger charge is -2.17. The molecule has 0 aliphatic rings.